The highest BCUT2D eigenvalue weighted by Crippen LogP contribution is 2.36. The second-order valence-corrected chi connectivity index (χ2v) is 5.74. The summed E-state index contributed by atoms with van der Waals surface area (Å²) in [5.74, 6) is 2.28. The Morgan fingerprint density at radius 1 is 0.917 bits per heavy atom. The van der Waals surface area contributed by atoms with Crippen LogP contribution in [0.15, 0.2) is 45.9 Å². The van der Waals surface area contributed by atoms with Crippen LogP contribution in [0.2, 0.25) is 0 Å². The molecule has 0 aliphatic heterocycles. The molecule has 0 aliphatic rings. The molecule has 4 nitrogen and oxygen atoms in total. The SMILES string of the molecule is CCOc1ccc(N=Cc2cc(Br)c(OCC)c(OCC)c2)cc1. The Labute approximate surface area is 151 Å². The van der Waals surface area contributed by atoms with Crippen LogP contribution in [0.4, 0.5) is 5.69 Å². The average molecular weight is 392 g/mol. The Morgan fingerprint density at radius 3 is 2.21 bits per heavy atom. The van der Waals surface area contributed by atoms with Gasteiger partial charge in [0.15, 0.2) is 11.5 Å². The van der Waals surface area contributed by atoms with Crippen LogP contribution in [-0.2, 0) is 0 Å². The topological polar surface area (TPSA) is 40.0 Å². The summed E-state index contributed by atoms with van der Waals surface area (Å²) >= 11 is 3.54. The van der Waals surface area contributed by atoms with Crippen molar-refractivity contribution in [2.75, 3.05) is 19.8 Å². The van der Waals surface area contributed by atoms with Gasteiger partial charge in [0.2, 0.25) is 0 Å². The number of nitrogens with zero attached hydrogens (tertiary/aromatic N) is 1. The third kappa shape index (κ3) is 4.99. The highest BCUT2D eigenvalue weighted by molar-refractivity contribution is 9.10. The summed E-state index contributed by atoms with van der Waals surface area (Å²) < 4.78 is 17.6. The molecule has 128 valence electrons. The van der Waals surface area contributed by atoms with Crippen molar-refractivity contribution in [2.24, 2.45) is 4.99 Å². The number of hydrogen-bond acceptors (Lipinski definition) is 4. The van der Waals surface area contributed by atoms with Crippen molar-refractivity contribution in [1.29, 1.82) is 0 Å². The Kier molecular flexibility index (Phi) is 7.12. The summed E-state index contributed by atoms with van der Waals surface area (Å²) in [6, 6.07) is 11.6. The van der Waals surface area contributed by atoms with E-state index in [0.29, 0.717) is 25.6 Å². The molecule has 0 saturated carbocycles. The fraction of sp³-hybridized carbons (Fsp3) is 0.316. The van der Waals surface area contributed by atoms with Crippen LogP contribution in [0.5, 0.6) is 17.2 Å². The summed E-state index contributed by atoms with van der Waals surface area (Å²) in [5, 5.41) is 0. The van der Waals surface area contributed by atoms with Gasteiger partial charge in [-0.3, -0.25) is 4.99 Å². The molecule has 0 atom stereocenters. The maximum absolute atomic E-state index is 5.67. The zero-order valence-corrected chi connectivity index (χ0v) is 15.8. The second-order valence-electron chi connectivity index (χ2n) is 4.88. The molecule has 2 aromatic rings. The predicted molar refractivity (Wildman–Crippen MR) is 101 cm³/mol. The molecule has 0 saturated heterocycles. The Bertz CT molecular complexity index is 684. The highest BCUT2D eigenvalue weighted by atomic mass is 79.9. The molecule has 2 aromatic carbocycles. The summed E-state index contributed by atoms with van der Waals surface area (Å²) in [6.07, 6.45) is 1.80. The van der Waals surface area contributed by atoms with Gasteiger partial charge < -0.3 is 14.2 Å². The van der Waals surface area contributed by atoms with Crippen molar-refractivity contribution >= 4 is 27.8 Å². The lowest BCUT2D eigenvalue weighted by atomic mass is 10.2. The third-order valence-corrected chi connectivity index (χ3v) is 3.72. The second kappa shape index (κ2) is 9.33. The Balaban J connectivity index is 2.21. The minimum absolute atomic E-state index is 0.575. The molecule has 0 amide bonds. The van der Waals surface area contributed by atoms with Crippen molar-refractivity contribution in [3.63, 3.8) is 0 Å². The van der Waals surface area contributed by atoms with Crippen LogP contribution in [0.1, 0.15) is 26.3 Å². The van der Waals surface area contributed by atoms with E-state index in [9.17, 15) is 0 Å². The van der Waals surface area contributed by atoms with Crippen LogP contribution in [0.3, 0.4) is 0 Å². The van der Waals surface area contributed by atoms with E-state index in [1.807, 2.05) is 57.2 Å². The van der Waals surface area contributed by atoms with Gasteiger partial charge in [-0.15, -0.1) is 0 Å². The highest BCUT2D eigenvalue weighted by Gasteiger charge is 2.11. The smallest absolute Gasteiger partial charge is 0.175 e. The van der Waals surface area contributed by atoms with Crippen molar-refractivity contribution in [3.05, 3.63) is 46.4 Å². The summed E-state index contributed by atoms with van der Waals surface area (Å²) in [6.45, 7) is 7.67. The van der Waals surface area contributed by atoms with Gasteiger partial charge in [0.05, 0.1) is 30.0 Å². The van der Waals surface area contributed by atoms with Gasteiger partial charge in [-0.1, -0.05) is 0 Å². The standard InChI is InChI=1S/C19H22BrNO3/c1-4-22-16-9-7-15(8-10-16)21-13-14-11-17(20)19(24-6-3)18(12-14)23-5-2/h7-13H,4-6H2,1-3H3. The van der Waals surface area contributed by atoms with Gasteiger partial charge in [-0.05, 0) is 78.7 Å². The predicted octanol–water partition coefficient (Wildman–Crippen LogP) is 5.40. The number of hydrogen-bond donors (Lipinski definition) is 0. The maximum Gasteiger partial charge on any atom is 0.175 e. The van der Waals surface area contributed by atoms with Gasteiger partial charge in [-0.2, -0.15) is 0 Å². The lowest BCUT2D eigenvalue weighted by Crippen LogP contribution is -2.00. The molecule has 0 aromatic heterocycles. The van der Waals surface area contributed by atoms with Crippen molar-refractivity contribution in [1.82, 2.24) is 0 Å². The van der Waals surface area contributed by atoms with Crippen molar-refractivity contribution in [2.45, 2.75) is 20.8 Å². The average Bonchev–Trinajstić information content (AvgIpc) is 2.58. The van der Waals surface area contributed by atoms with Crippen LogP contribution < -0.4 is 14.2 Å². The molecule has 0 unspecified atom stereocenters. The van der Waals surface area contributed by atoms with Crippen LogP contribution in [0.25, 0.3) is 0 Å². The minimum atomic E-state index is 0.575. The van der Waals surface area contributed by atoms with E-state index < -0.39 is 0 Å². The van der Waals surface area contributed by atoms with E-state index in [0.717, 1.165) is 27.2 Å². The first-order chi connectivity index (χ1) is 11.7. The van der Waals surface area contributed by atoms with Gasteiger partial charge in [0.25, 0.3) is 0 Å². The largest absolute Gasteiger partial charge is 0.494 e. The van der Waals surface area contributed by atoms with Gasteiger partial charge in [-0.25, -0.2) is 0 Å². The van der Waals surface area contributed by atoms with Crippen molar-refractivity contribution < 1.29 is 14.2 Å². The fourth-order valence-electron chi connectivity index (χ4n) is 2.15. The molecular weight excluding hydrogens is 370 g/mol. The summed E-state index contributed by atoms with van der Waals surface area (Å²) in [5.41, 5.74) is 1.80. The van der Waals surface area contributed by atoms with E-state index in [-0.39, 0.29) is 0 Å². The molecule has 0 N–H and O–H groups in total. The van der Waals surface area contributed by atoms with Crippen LogP contribution in [-0.4, -0.2) is 26.0 Å². The van der Waals surface area contributed by atoms with Crippen molar-refractivity contribution in [3.8, 4) is 17.2 Å². The molecule has 0 heterocycles. The number of benzene rings is 2. The normalized spacial score (nSPS) is 10.8. The number of halogens is 1. The first-order valence-electron chi connectivity index (χ1n) is 8.04. The quantitative estimate of drug-likeness (QED) is 0.565. The van der Waals surface area contributed by atoms with Crippen LogP contribution >= 0.6 is 15.9 Å². The number of aliphatic imine (C=N–C) groups is 1. The van der Waals surface area contributed by atoms with E-state index in [1.54, 1.807) is 6.21 Å². The van der Waals surface area contributed by atoms with E-state index >= 15 is 0 Å². The lowest BCUT2D eigenvalue weighted by molar-refractivity contribution is 0.286. The first kappa shape index (κ1) is 18.3. The molecule has 5 heteroatoms. The Morgan fingerprint density at radius 2 is 1.58 bits per heavy atom. The molecule has 24 heavy (non-hydrogen) atoms. The monoisotopic (exact) mass is 391 g/mol. The van der Waals surface area contributed by atoms with Crippen LogP contribution in [0, 0.1) is 0 Å². The van der Waals surface area contributed by atoms with E-state index in [1.165, 1.54) is 0 Å². The fourth-order valence-corrected chi connectivity index (χ4v) is 2.73. The molecule has 2 rings (SSSR count). The maximum atomic E-state index is 5.67. The Hall–Kier alpha value is -2.01. The van der Waals surface area contributed by atoms with E-state index in [4.69, 9.17) is 14.2 Å². The van der Waals surface area contributed by atoms with E-state index in [2.05, 4.69) is 20.9 Å². The summed E-state index contributed by atoms with van der Waals surface area (Å²) in [7, 11) is 0. The van der Waals surface area contributed by atoms with Gasteiger partial charge in [0, 0.05) is 6.21 Å². The summed E-state index contributed by atoms with van der Waals surface area (Å²) in [4.78, 5) is 4.50. The van der Waals surface area contributed by atoms with Gasteiger partial charge in [0.1, 0.15) is 5.75 Å². The molecule has 0 fully saturated rings. The molecular formula is C19H22BrNO3. The molecule has 0 spiro atoms. The first-order valence-corrected chi connectivity index (χ1v) is 8.83. The zero-order chi connectivity index (χ0) is 17.4. The lowest BCUT2D eigenvalue weighted by Gasteiger charge is -2.13. The zero-order valence-electron chi connectivity index (χ0n) is 14.2. The minimum Gasteiger partial charge on any atom is -0.494 e. The number of rotatable bonds is 8. The number of ether oxygens (including phenoxy) is 3. The molecule has 0 bridgehead atoms. The molecule has 0 aliphatic carbocycles. The molecule has 0 radical (unpaired) electrons. The third-order valence-electron chi connectivity index (χ3n) is 3.13. The van der Waals surface area contributed by atoms with Gasteiger partial charge >= 0.3 is 0 Å².